The van der Waals surface area contributed by atoms with Gasteiger partial charge in [0.15, 0.2) is 0 Å². The fourth-order valence-electron chi connectivity index (χ4n) is 2.50. The zero-order valence-corrected chi connectivity index (χ0v) is 12.4. The van der Waals surface area contributed by atoms with Crippen LogP contribution < -0.4 is 4.90 Å². The van der Waals surface area contributed by atoms with Gasteiger partial charge in [0.2, 0.25) is 0 Å². The number of nitrogens with zero attached hydrogens (tertiary/aromatic N) is 3. The molecule has 2 rings (SSSR count). The van der Waals surface area contributed by atoms with Gasteiger partial charge in [0.1, 0.15) is 6.07 Å². The first-order valence-corrected chi connectivity index (χ1v) is 7.02. The van der Waals surface area contributed by atoms with E-state index in [1.807, 2.05) is 18.2 Å². The molecule has 18 heavy (non-hydrogen) atoms. The van der Waals surface area contributed by atoms with Crippen molar-refractivity contribution in [3.8, 4) is 6.07 Å². The SMILES string of the molecule is CN1CCC(N(C)c2cccc(Br)c2C#N)CC1. The van der Waals surface area contributed by atoms with Gasteiger partial charge in [-0.3, -0.25) is 0 Å². The maximum atomic E-state index is 9.27. The van der Waals surface area contributed by atoms with E-state index in [1.165, 1.54) is 0 Å². The van der Waals surface area contributed by atoms with E-state index >= 15 is 0 Å². The van der Waals surface area contributed by atoms with E-state index in [0.717, 1.165) is 41.7 Å². The lowest BCUT2D eigenvalue weighted by atomic mass is 10.0. The summed E-state index contributed by atoms with van der Waals surface area (Å²) in [6, 6.07) is 8.77. The van der Waals surface area contributed by atoms with Crippen molar-refractivity contribution < 1.29 is 0 Å². The van der Waals surface area contributed by atoms with E-state index in [1.54, 1.807) is 0 Å². The minimum absolute atomic E-state index is 0.530. The number of nitriles is 1. The van der Waals surface area contributed by atoms with Gasteiger partial charge in [0, 0.05) is 17.6 Å². The largest absolute Gasteiger partial charge is 0.370 e. The third-order valence-electron chi connectivity index (χ3n) is 3.72. The van der Waals surface area contributed by atoms with Crippen LogP contribution in [0.4, 0.5) is 5.69 Å². The molecule has 0 saturated carbocycles. The molecular formula is C14H18BrN3. The maximum Gasteiger partial charge on any atom is 0.103 e. The highest BCUT2D eigenvalue weighted by Gasteiger charge is 2.22. The van der Waals surface area contributed by atoms with Gasteiger partial charge in [-0.1, -0.05) is 6.07 Å². The van der Waals surface area contributed by atoms with Gasteiger partial charge in [0.25, 0.3) is 0 Å². The summed E-state index contributed by atoms with van der Waals surface area (Å²) >= 11 is 3.45. The Hall–Kier alpha value is -1.05. The Balaban J connectivity index is 2.21. The zero-order chi connectivity index (χ0) is 13.1. The quantitative estimate of drug-likeness (QED) is 0.841. The van der Waals surface area contributed by atoms with Crippen LogP contribution in [-0.4, -0.2) is 38.1 Å². The van der Waals surface area contributed by atoms with Crippen LogP contribution in [0, 0.1) is 11.3 Å². The molecule has 0 aromatic heterocycles. The molecule has 0 N–H and O–H groups in total. The van der Waals surface area contributed by atoms with Gasteiger partial charge in [0.05, 0.1) is 11.3 Å². The number of piperidine rings is 1. The monoisotopic (exact) mass is 307 g/mol. The third-order valence-corrected chi connectivity index (χ3v) is 4.38. The van der Waals surface area contributed by atoms with E-state index in [0.29, 0.717) is 6.04 Å². The number of hydrogen-bond donors (Lipinski definition) is 0. The average Bonchev–Trinajstić information content (AvgIpc) is 2.38. The van der Waals surface area contributed by atoms with Gasteiger partial charge in [-0.25, -0.2) is 0 Å². The molecule has 1 saturated heterocycles. The summed E-state index contributed by atoms with van der Waals surface area (Å²) in [6.07, 6.45) is 2.31. The van der Waals surface area contributed by atoms with Gasteiger partial charge in [-0.2, -0.15) is 5.26 Å². The van der Waals surface area contributed by atoms with Crippen molar-refractivity contribution in [2.24, 2.45) is 0 Å². The molecule has 0 spiro atoms. The van der Waals surface area contributed by atoms with Crippen molar-refractivity contribution in [1.82, 2.24) is 4.90 Å². The number of anilines is 1. The van der Waals surface area contributed by atoms with E-state index in [-0.39, 0.29) is 0 Å². The highest BCUT2D eigenvalue weighted by Crippen LogP contribution is 2.29. The number of rotatable bonds is 2. The molecule has 3 nitrogen and oxygen atoms in total. The molecule has 1 aromatic rings. The van der Waals surface area contributed by atoms with Crippen LogP contribution in [0.25, 0.3) is 0 Å². The van der Waals surface area contributed by atoms with Crippen LogP contribution in [-0.2, 0) is 0 Å². The summed E-state index contributed by atoms with van der Waals surface area (Å²) in [6.45, 7) is 2.26. The molecule has 0 bridgehead atoms. The predicted molar refractivity (Wildman–Crippen MR) is 77.8 cm³/mol. The van der Waals surface area contributed by atoms with Crippen molar-refractivity contribution >= 4 is 21.6 Å². The lowest BCUT2D eigenvalue weighted by Gasteiger charge is -2.36. The topological polar surface area (TPSA) is 30.3 Å². The fourth-order valence-corrected chi connectivity index (χ4v) is 2.94. The first-order chi connectivity index (χ1) is 8.63. The first-order valence-electron chi connectivity index (χ1n) is 6.23. The maximum absolute atomic E-state index is 9.27. The smallest absolute Gasteiger partial charge is 0.103 e. The van der Waals surface area contributed by atoms with Gasteiger partial charge in [-0.15, -0.1) is 0 Å². The van der Waals surface area contributed by atoms with E-state index in [9.17, 15) is 5.26 Å². The Bertz CT molecular complexity index is 459. The molecule has 1 aromatic carbocycles. The lowest BCUT2D eigenvalue weighted by Crippen LogP contribution is -2.42. The average molecular weight is 308 g/mol. The summed E-state index contributed by atoms with van der Waals surface area (Å²) in [5, 5.41) is 9.27. The first kappa shape index (κ1) is 13.4. The normalized spacial score (nSPS) is 17.4. The fraction of sp³-hybridized carbons (Fsp3) is 0.500. The standard InChI is InChI=1S/C14H18BrN3/c1-17-8-6-11(7-9-17)18(2)14-5-3-4-13(15)12(14)10-16/h3-5,11H,6-9H2,1-2H3. The molecule has 0 amide bonds. The second kappa shape index (κ2) is 5.73. The summed E-state index contributed by atoms with van der Waals surface area (Å²) < 4.78 is 0.877. The van der Waals surface area contributed by atoms with Crippen LogP contribution in [0.15, 0.2) is 22.7 Å². The van der Waals surface area contributed by atoms with Crippen LogP contribution in [0.3, 0.4) is 0 Å². The summed E-state index contributed by atoms with van der Waals surface area (Å²) in [4.78, 5) is 4.62. The van der Waals surface area contributed by atoms with Crippen LogP contribution in [0.2, 0.25) is 0 Å². The Labute approximate surface area is 117 Å². The molecule has 0 radical (unpaired) electrons. The van der Waals surface area contributed by atoms with E-state index < -0.39 is 0 Å². The van der Waals surface area contributed by atoms with Crippen molar-refractivity contribution in [3.63, 3.8) is 0 Å². The van der Waals surface area contributed by atoms with Crippen molar-refractivity contribution in [2.75, 3.05) is 32.1 Å². The number of hydrogen-bond acceptors (Lipinski definition) is 3. The molecule has 1 aliphatic rings. The highest BCUT2D eigenvalue weighted by atomic mass is 79.9. The van der Waals surface area contributed by atoms with Crippen molar-refractivity contribution in [2.45, 2.75) is 18.9 Å². The zero-order valence-electron chi connectivity index (χ0n) is 10.9. The Kier molecular flexibility index (Phi) is 4.26. The minimum Gasteiger partial charge on any atom is -0.370 e. The molecule has 4 heteroatoms. The number of halogens is 1. The molecule has 1 aliphatic heterocycles. The summed E-state index contributed by atoms with van der Waals surface area (Å²) in [7, 11) is 4.26. The lowest BCUT2D eigenvalue weighted by molar-refractivity contribution is 0.253. The summed E-state index contributed by atoms with van der Waals surface area (Å²) in [5.41, 5.74) is 1.76. The van der Waals surface area contributed by atoms with Gasteiger partial charge >= 0.3 is 0 Å². The molecule has 0 unspecified atom stereocenters. The molecule has 96 valence electrons. The van der Waals surface area contributed by atoms with E-state index in [4.69, 9.17) is 0 Å². The molecule has 0 aliphatic carbocycles. The molecular weight excluding hydrogens is 290 g/mol. The Morgan fingerprint density at radius 2 is 2.06 bits per heavy atom. The highest BCUT2D eigenvalue weighted by molar-refractivity contribution is 9.10. The van der Waals surface area contributed by atoms with Gasteiger partial charge in [-0.05, 0) is 61.0 Å². The minimum atomic E-state index is 0.530. The van der Waals surface area contributed by atoms with E-state index in [2.05, 4.69) is 45.9 Å². The Morgan fingerprint density at radius 3 is 2.67 bits per heavy atom. The Morgan fingerprint density at radius 1 is 1.39 bits per heavy atom. The number of likely N-dealkylation sites (tertiary alicyclic amines) is 1. The molecule has 0 atom stereocenters. The van der Waals surface area contributed by atoms with Gasteiger partial charge < -0.3 is 9.80 Å². The van der Waals surface area contributed by atoms with Crippen LogP contribution >= 0.6 is 15.9 Å². The molecule has 1 fully saturated rings. The third kappa shape index (κ3) is 2.68. The van der Waals surface area contributed by atoms with Crippen molar-refractivity contribution in [1.29, 1.82) is 5.26 Å². The second-order valence-electron chi connectivity index (χ2n) is 4.89. The summed E-state index contributed by atoms with van der Waals surface area (Å²) in [5.74, 6) is 0. The van der Waals surface area contributed by atoms with Crippen LogP contribution in [0.5, 0.6) is 0 Å². The number of benzene rings is 1. The second-order valence-corrected chi connectivity index (χ2v) is 5.75. The molecule has 1 heterocycles. The predicted octanol–water partition coefficient (Wildman–Crippen LogP) is 2.85. The van der Waals surface area contributed by atoms with Crippen molar-refractivity contribution in [3.05, 3.63) is 28.2 Å². The van der Waals surface area contributed by atoms with Crippen LogP contribution in [0.1, 0.15) is 18.4 Å².